The molecule has 5 aromatic rings. The molecule has 1 unspecified atom stereocenters. The Bertz CT molecular complexity index is 1440. The predicted octanol–water partition coefficient (Wildman–Crippen LogP) is 5.47. The van der Waals surface area contributed by atoms with Crippen LogP contribution in [-0.2, 0) is 11.3 Å². The number of benzene rings is 1. The quantitative estimate of drug-likeness (QED) is 0.298. The minimum atomic E-state index is -0.707. The van der Waals surface area contributed by atoms with Crippen LogP contribution in [0.25, 0.3) is 21.6 Å². The monoisotopic (exact) mass is 479 g/mol. The number of fused-ring (bicyclic) bond motifs is 1. The van der Waals surface area contributed by atoms with Gasteiger partial charge in [-0.3, -0.25) is 9.67 Å². The lowest BCUT2D eigenvalue weighted by Crippen LogP contribution is -2.08. The molecular weight excluding hydrogens is 462 g/mol. The van der Waals surface area contributed by atoms with Crippen molar-refractivity contribution in [1.29, 1.82) is 0 Å². The van der Waals surface area contributed by atoms with Crippen LogP contribution in [0.1, 0.15) is 39.8 Å². The van der Waals surface area contributed by atoms with E-state index in [-0.39, 0.29) is 5.89 Å². The summed E-state index contributed by atoms with van der Waals surface area (Å²) in [5.41, 5.74) is 2.50. The Morgan fingerprint density at radius 2 is 2.12 bits per heavy atom. The van der Waals surface area contributed by atoms with Gasteiger partial charge in [0.2, 0.25) is 5.82 Å². The van der Waals surface area contributed by atoms with Crippen LogP contribution < -0.4 is 0 Å². The molecular formula is C23H18ClN5O3S. The molecule has 0 fully saturated rings. The summed E-state index contributed by atoms with van der Waals surface area (Å²) in [6.45, 7) is 4.11. The number of ether oxygens (including phenoxy) is 1. The van der Waals surface area contributed by atoms with Crippen molar-refractivity contribution in [1.82, 2.24) is 24.9 Å². The summed E-state index contributed by atoms with van der Waals surface area (Å²) in [4.78, 5) is 22.6. The van der Waals surface area contributed by atoms with E-state index in [1.807, 2.05) is 41.9 Å². The summed E-state index contributed by atoms with van der Waals surface area (Å²) < 4.78 is 12.7. The fourth-order valence-electron chi connectivity index (χ4n) is 3.39. The molecule has 0 aliphatic rings. The van der Waals surface area contributed by atoms with Crippen molar-refractivity contribution in [2.24, 2.45) is 0 Å². The molecule has 0 amide bonds. The molecule has 10 heteroatoms. The SMILES string of the molecule is Cc1nn(Cc2ccccc2Cl)c2sc(C(=O)OC(C)c3nc(-c4cccnc4)no3)cc12. The average Bonchev–Trinajstić information content (AvgIpc) is 3.54. The highest BCUT2D eigenvalue weighted by Crippen LogP contribution is 2.31. The van der Waals surface area contributed by atoms with Gasteiger partial charge in [-0.05, 0) is 43.7 Å². The Morgan fingerprint density at radius 3 is 2.91 bits per heavy atom. The summed E-state index contributed by atoms with van der Waals surface area (Å²) in [7, 11) is 0. The first-order chi connectivity index (χ1) is 16.0. The number of carbonyl (C=O) groups excluding carboxylic acids is 1. The van der Waals surface area contributed by atoms with Gasteiger partial charge in [0.05, 0.1) is 12.2 Å². The smallest absolute Gasteiger partial charge is 0.349 e. The van der Waals surface area contributed by atoms with Crippen LogP contribution in [0.3, 0.4) is 0 Å². The van der Waals surface area contributed by atoms with Gasteiger partial charge in [0, 0.05) is 28.4 Å². The Kier molecular flexibility index (Phi) is 5.65. The average molecular weight is 480 g/mol. The molecule has 0 N–H and O–H groups in total. The maximum absolute atomic E-state index is 12.8. The zero-order valence-corrected chi connectivity index (χ0v) is 19.3. The Balaban J connectivity index is 1.35. The topological polar surface area (TPSA) is 95.9 Å². The maximum atomic E-state index is 12.8. The van der Waals surface area contributed by atoms with Crippen molar-refractivity contribution in [3.8, 4) is 11.4 Å². The van der Waals surface area contributed by atoms with Gasteiger partial charge in [-0.2, -0.15) is 10.1 Å². The lowest BCUT2D eigenvalue weighted by molar-refractivity contribution is 0.0271. The molecule has 8 nitrogen and oxygen atoms in total. The highest BCUT2D eigenvalue weighted by molar-refractivity contribution is 7.20. The molecule has 4 heterocycles. The van der Waals surface area contributed by atoms with Crippen LogP contribution in [0.5, 0.6) is 0 Å². The number of aryl methyl sites for hydroxylation is 1. The van der Waals surface area contributed by atoms with Gasteiger partial charge in [0.25, 0.3) is 5.89 Å². The van der Waals surface area contributed by atoms with E-state index in [0.29, 0.717) is 27.8 Å². The summed E-state index contributed by atoms with van der Waals surface area (Å²) in [6.07, 6.45) is 2.59. The Hall–Kier alpha value is -3.56. The number of rotatable bonds is 6. The summed E-state index contributed by atoms with van der Waals surface area (Å²) in [5.74, 6) is 0.135. The van der Waals surface area contributed by atoms with Gasteiger partial charge in [-0.15, -0.1) is 11.3 Å². The zero-order valence-electron chi connectivity index (χ0n) is 17.7. The van der Waals surface area contributed by atoms with Crippen LogP contribution >= 0.6 is 22.9 Å². The minimum absolute atomic E-state index is 0.212. The molecule has 4 aromatic heterocycles. The Labute approximate surface area is 197 Å². The fourth-order valence-corrected chi connectivity index (χ4v) is 4.63. The highest BCUT2D eigenvalue weighted by Gasteiger charge is 2.23. The first-order valence-corrected chi connectivity index (χ1v) is 11.3. The van der Waals surface area contributed by atoms with Crippen LogP contribution in [0.2, 0.25) is 5.02 Å². The van der Waals surface area contributed by atoms with E-state index in [1.54, 1.807) is 31.5 Å². The normalized spacial score (nSPS) is 12.2. The lowest BCUT2D eigenvalue weighted by atomic mass is 10.2. The van der Waals surface area contributed by atoms with Crippen molar-refractivity contribution in [2.75, 3.05) is 0 Å². The van der Waals surface area contributed by atoms with Gasteiger partial charge in [-0.25, -0.2) is 4.79 Å². The van der Waals surface area contributed by atoms with Gasteiger partial charge in [-0.1, -0.05) is 35.0 Å². The van der Waals surface area contributed by atoms with Crippen molar-refractivity contribution in [2.45, 2.75) is 26.5 Å². The van der Waals surface area contributed by atoms with Crippen molar-refractivity contribution in [3.63, 3.8) is 0 Å². The summed E-state index contributed by atoms with van der Waals surface area (Å²) in [5, 5.41) is 10.1. The number of nitrogens with zero attached hydrogens (tertiary/aromatic N) is 5. The highest BCUT2D eigenvalue weighted by atomic mass is 35.5. The molecule has 0 radical (unpaired) electrons. The Morgan fingerprint density at radius 1 is 1.27 bits per heavy atom. The van der Waals surface area contributed by atoms with E-state index in [1.165, 1.54) is 11.3 Å². The number of esters is 1. The molecule has 0 saturated carbocycles. The van der Waals surface area contributed by atoms with E-state index in [9.17, 15) is 4.79 Å². The first-order valence-electron chi connectivity index (χ1n) is 10.1. The standard InChI is InChI=1S/C23H18ClN5O3S/c1-13-17-10-19(33-22(17)29(27-13)12-16-6-3-4-8-18(16)24)23(30)31-14(2)21-26-20(28-32-21)15-7-5-9-25-11-15/h3-11,14H,12H2,1-2H3. The van der Waals surface area contributed by atoms with Crippen molar-refractivity contribution in [3.05, 3.63) is 81.9 Å². The number of carbonyl (C=O) groups is 1. The third-order valence-corrected chi connectivity index (χ3v) is 6.58. The molecule has 0 aliphatic heterocycles. The summed E-state index contributed by atoms with van der Waals surface area (Å²) in [6, 6.07) is 13.0. The minimum Gasteiger partial charge on any atom is -0.448 e. The molecule has 0 spiro atoms. The first kappa shape index (κ1) is 21.3. The van der Waals surface area contributed by atoms with E-state index in [4.69, 9.17) is 20.9 Å². The maximum Gasteiger partial charge on any atom is 0.349 e. The molecule has 0 bridgehead atoms. The predicted molar refractivity (Wildman–Crippen MR) is 124 cm³/mol. The van der Waals surface area contributed by atoms with E-state index in [2.05, 4.69) is 20.2 Å². The molecule has 1 atom stereocenters. The van der Waals surface area contributed by atoms with Crippen LogP contribution in [0.15, 0.2) is 59.4 Å². The third kappa shape index (κ3) is 4.24. The zero-order chi connectivity index (χ0) is 22.9. The summed E-state index contributed by atoms with van der Waals surface area (Å²) >= 11 is 7.63. The number of pyridine rings is 1. The molecule has 0 aliphatic carbocycles. The van der Waals surface area contributed by atoms with E-state index in [0.717, 1.165) is 21.5 Å². The molecule has 1 aromatic carbocycles. The molecule has 166 valence electrons. The second kappa shape index (κ2) is 8.76. The van der Waals surface area contributed by atoms with Crippen molar-refractivity contribution >= 4 is 39.1 Å². The van der Waals surface area contributed by atoms with E-state index >= 15 is 0 Å². The van der Waals surface area contributed by atoms with Gasteiger partial charge in [0.1, 0.15) is 9.71 Å². The second-order valence-corrected chi connectivity index (χ2v) is 8.85. The van der Waals surface area contributed by atoms with E-state index < -0.39 is 12.1 Å². The molecule has 5 rings (SSSR count). The number of thiophene rings is 1. The number of aromatic nitrogens is 5. The van der Waals surface area contributed by atoms with Crippen molar-refractivity contribution < 1.29 is 14.1 Å². The van der Waals surface area contributed by atoms with Crippen LogP contribution in [-0.4, -0.2) is 30.9 Å². The molecule has 0 saturated heterocycles. The van der Waals surface area contributed by atoms with Crippen LogP contribution in [0, 0.1) is 6.92 Å². The van der Waals surface area contributed by atoms with Gasteiger partial charge >= 0.3 is 5.97 Å². The van der Waals surface area contributed by atoms with Gasteiger partial charge < -0.3 is 9.26 Å². The number of hydrogen-bond donors (Lipinski definition) is 0. The fraction of sp³-hybridized carbons (Fsp3) is 0.174. The van der Waals surface area contributed by atoms with Crippen LogP contribution in [0.4, 0.5) is 0 Å². The third-order valence-electron chi connectivity index (χ3n) is 5.08. The largest absolute Gasteiger partial charge is 0.448 e. The lowest BCUT2D eigenvalue weighted by Gasteiger charge is -2.07. The second-order valence-electron chi connectivity index (χ2n) is 7.41. The van der Waals surface area contributed by atoms with Gasteiger partial charge in [0.15, 0.2) is 6.10 Å². The molecule has 33 heavy (non-hydrogen) atoms. The number of hydrogen-bond acceptors (Lipinski definition) is 8. The number of halogens is 1.